The van der Waals surface area contributed by atoms with Crippen LogP contribution in [0.5, 0.6) is 0 Å². The third-order valence-corrected chi connectivity index (χ3v) is 3.07. The lowest BCUT2D eigenvalue weighted by Crippen LogP contribution is -2.11. The van der Waals surface area contributed by atoms with Crippen molar-refractivity contribution >= 4 is 23.0 Å². The van der Waals surface area contributed by atoms with Crippen molar-refractivity contribution in [3.8, 4) is 0 Å². The minimum absolute atomic E-state index is 0.652. The second kappa shape index (κ2) is 5.60. The van der Waals surface area contributed by atoms with Gasteiger partial charge in [-0.15, -0.1) is 11.3 Å². The summed E-state index contributed by atoms with van der Waals surface area (Å²) in [6.45, 7) is 2.82. The van der Waals surface area contributed by atoms with Crippen LogP contribution < -0.4 is 16.6 Å². The quantitative estimate of drug-likeness (QED) is 0.556. The third kappa shape index (κ3) is 3.40. The van der Waals surface area contributed by atoms with Gasteiger partial charge >= 0.3 is 0 Å². The van der Waals surface area contributed by atoms with Crippen LogP contribution in [-0.2, 0) is 6.42 Å². The van der Waals surface area contributed by atoms with Crippen LogP contribution in [0, 0.1) is 6.92 Å². The number of hydrogen-bond acceptors (Lipinski definition) is 6. The van der Waals surface area contributed by atoms with E-state index in [2.05, 4.69) is 26.1 Å². The first-order chi connectivity index (χ1) is 8.28. The lowest BCUT2D eigenvalue weighted by atomic mass is 10.3. The minimum atomic E-state index is 0.652. The minimum Gasteiger partial charge on any atom is -0.370 e. The van der Waals surface area contributed by atoms with Crippen molar-refractivity contribution in [2.75, 3.05) is 17.3 Å². The Balaban J connectivity index is 1.85. The summed E-state index contributed by atoms with van der Waals surface area (Å²) in [6, 6.07) is 5.62. The summed E-state index contributed by atoms with van der Waals surface area (Å²) < 4.78 is 0. The number of nitrogen functional groups attached to an aromatic ring is 1. The number of hydrogen-bond donors (Lipinski definition) is 3. The van der Waals surface area contributed by atoms with Crippen molar-refractivity contribution in [3.05, 3.63) is 34.3 Å². The Kier molecular flexibility index (Phi) is 3.89. The van der Waals surface area contributed by atoms with E-state index in [0.717, 1.165) is 29.5 Å². The Morgan fingerprint density at radius 3 is 2.82 bits per heavy atom. The molecule has 6 heteroatoms. The SMILES string of the molecule is Cc1nc(CCNc2cccc(NN)n2)cs1. The Morgan fingerprint density at radius 2 is 2.12 bits per heavy atom. The van der Waals surface area contributed by atoms with Gasteiger partial charge < -0.3 is 10.7 Å². The van der Waals surface area contributed by atoms with E-state index in [9.17, 15) is 0 Å². The second-order valence-corrected chi connectivity index (χ2v) is 4.65. The highest BCUT2D eigenvalue weighted by molar-refractivity contribution is 7.09. The summed E-state index contributed by atoms with van der Waals surface area (Å²) in [5.41, 5.74) is 3.64. The molecule has 0 fully saturated rings. The van der Waals surface area contributed by atoms with E-state index in [4.69, 9.17) is 5.84 Å². The molecule has 0 aromatic carbocycles. The standard InChI is InChI=1S/C11H15N5S/c1-8-14-9(7-17-8)5-6-13-10-3-2-4-11(15-10)16-12/h2-4,7H,5-6,12H2,1H3,(H2,13,15,16). The average Bonchev–Trinajstić information content (AvgIpc) is 2.75. The summed E-state index contributed by atoms with van der Waals surface area (Å²) in [5, 5.41) is 6.42. The molecule has 0 spiro atoms. The third-order valence-electron chi connectivity index (χ3n) is 2.25. The summed E-state index contributed by atoms with van der Waals surface area (Å²) in [4.78, 5) is 8.66. The molecule has 5 nitrogen and oxygen atoms in total. The van der Waals surface area contributed by atoms with Gasteiger partial charge in [-0.1, -0.05) is 6.07 Å². The van der Waals surface area contributed by atoms with E-state index in [1.807, 2.05) is 25.1 Å². The zero-order chi connectivity index (χ0) is 12.1. The van der Waals surface area contributed by atoms with E-state index in [1.54, 1.807) is 11.3 Å². The summed E-state index contributed by atoms with van der Waals surface area (Å²) in [6.07, 6.45) is 0.895. The molecule has 0 amide bonds. The number of pyridine rings is 1. The van der Waals surface area contributed by atoms with Crippen LogP contribution in [0.3, 0.4) is 0 Å². The van der Waals surface area contributed by atoms with Crippen LogP contribution >= 0.6 is 11.3 Å². The summed E-state index contributed by atoms with van der Waals surface area (Å²) in [5.74, 6) is 6.76. The molecule has 0 bridgehead atoms. The van der Waals surface area contributed by atoms with Gasteiger partial charge in [-0.05, 0) is 19.1 Å². The molecule has 0 saturated carbocycles. The highest BCUT2D eigenvalue weighted by atomic mass is 32.1. The number of nitrogens with one attached hydrogen (secondary N) is 2. The number of rotatable bonds is 5. The smallest absolute Gasteiger partial charge is 0.142 e. The molecular formula is C11H15N5S. The van der Waals surface area contributed by atoms with E-state index in [-0.39, 0.29) is 0 Å². The average molecular weight is 249 g/mol. The molecule has 17 heavy (non-hydrogen) atoms. The number of hydrazine groups is 1. The van der Waals surface area contributed by atoms with Crippen LogP contribution in [-0.4, -0.2) is 16.5 Å². The molecule has 90 valence electrons. The lowest BCUT2D eigenvalue weighted by Gasteiger charge is -2.05. The topological polar surface area (TPSA) is 75.9 Å². The van der Waals surface area contributed by atoms with Crippen molar-refractivity contribution in [2.24, 2.45) is 5.84 Å². The van der Waals surface area contributed by atoms with Gasteiger partial charge in [0.25, 0.3) is 0 Å². The first kappa shape index (κ1) is 11.8. The number of anilines is 2. The first-order valence-corrected chi connectivity index (χ1v) is 6.24. The second-order valence-electron chi connectivity index (χ2n) is 3.59. The zero-order valence-electron chi connectivity index (χ0n) is 9.60. The van der Waals surface area contributed by atoms with Gasteiger partial charge in [-0.2, -0.15) is 0 Å². The number of aromatic nitrogens is 2. The normalized spacial score (nSPS) is 10.2. The van der Waals surface area contributed by atoms with Gasteiger partial charge in [-0.25, -0.2) is 15.8 Å². The predicted octanol–water partition coefficient (Wildman–Crippen LogP) is 1.79. The maximum Gasteiger partial charge on any atom is 0.142 e. The van der Waals surface area contributed by atoms with Gasteiger partial charge in [0.15, 0.2) is 0 Å². The van der Waals surface area contributed by atoms with Gasteiger partial charge in [-0.3, -0.25) is 0 Å². The van der Waals surface area contributed by atoms with E-state index in [1.165, 1.54) is 0 Å². The van der Waals surface area contributed by atoms with Crippen molar-refractivity contribution in [1.82, 2.24) is 9.97 Å². The number of aryl methyl sites for hydroxylation is 1. The van der Waals surface area contributed by atoms with E-state index in [0.29, 0.717) is 5.82 Å². The van der Waals surface area contributed by atoms with Gasteiger partial charge in [0, 0.05) is 18.3 Å². The van der Waals surface area contributed by atoms with Crippen molar-refractivity contribution in [2.45, 2.75) is 13.3 Å². The molecule has 0 aliphatic carbocycles. The fourth-order valence-electron chi connectivity index (χ4n) is 1.46. The van der Waals surface area contributed by atoms with Crippen LogP contribution in [0.25, 0.3) is 0 Å². The molecular weight excluding hydrogens is 234 g/mol. The molecule has 0 unspecified atom stereocenters. The predicted molar refractivity (Wildman–Crippen MR) is 71.1 cm³/mol. The largest absolute Gasteiger partial charge is 0.370 e. The Morgan fingerprint density at radius 1 is 1.29 bits per heavy atom. The molecule has 0 atom stereocenters. The van der Waals surface area contributed by atoms with Crippen molar-refractivity contribution in [1.29, 1.82) is 0 Å². The Labute approximate surface area is 104 Å². The molecule has 2 aromatic heterocycles. The van der Waals surface area contributed by atoms with Crippen LogP contribution in [0.2, 0.25) is 0 Å². The van der Waals surface area contributed by atoms with Crippen molar-refractivity contribution < 1.29 is 0 Å². The van der Waals surface area contributed by atoms with Crippen LogP contribution in [0.4, 0.5) is 11.6 Å². The molecule has 0 saturated heterocycles. The summed E-state index contributed by atoms with van der Waals surface area (Å²) >= 11 is 1.68. The zero-order valence-corrected chi connectivity index (χ0v) is 10.4. The maximum atomic E-state index is 5.29. The molecule has 0 radical (unpaired) electrons. The molecule has 0 aliphatic rings. The number of nitrogens with zero attached hydrogens (tertiary/aromatic N) is 2. The van der Waals surface area contributed by atoms with Gasteiger partial charge in [0.05, 0.1) is 10.7 Å². The Hall–Kier alpha value is -1.66. The molecule has 2 aromatic rings. The van der Waals surface area contributed by atoms with Crippen LogP contribution in [0.15, 0.2) is 23.6 Å². The number of nitrogens with two attached hydrogens (primary N) is 1. The highest BCUT2D eigenvalue weighted by Crippen LogP contribution is 2.10. The highest BCUT2D eigenvalue weighted by Gasteiger charge is 1.99. The summed E-state index contributed by atoms with van der Waals surface area (Å²) in [7, 11) is 0. The first-order valence-electron chi connectivity index (χ1n) is 5.36. The molecule has 2 heterocycles. The van der Waals surface area contributed by atoms with Gasteiger partial charge in [0.2, 0.25) is 0 Å². The fraction of sp³-hybridized carbons (Fsp3) is 0.273. The fourth-order valence-corrected chi connectivity index (χ4v) is 2.10. The maximum absolute atomic E-state index is 5.29. The molecule has 0 aliphatic heterocycles. The lowest BCUT2D eigenvalue weighted by molar-refractivity contribution is 0.960. The Bertz CT molecular complexity index is 482. The molecule has 4 N–H and O–H groups in total. The monoisotopic (exact) mass is 249 g/mol. The van der Waals surface area contributed by atoms with E-state index < -0.39 is 0 Å². The number of thiazole rings is 1. The molecule has 2 rings (SSSR count). The van der Waals surface area contributed by atoms with E-state index >= 15 is 0 Å². The van der Waals surface area contributed by atoms with Crippen molar-refractivity contribution in [3.63, 3.8) is 0 Å². The van der Waals surface area contributed by atoms with Gasteiger partial charge in [0.1, 0.15) is 11.6 Å². The van der Waals surface area contributed by atoms with Crippen LogP contribution in [0.1, 0.15) is 10.7 Å².